The van der Waals surface area contributed by atoms with E-state index in [-0.39, 0.29) is 36.4 Å². The zero-order valence-electron chi connectivity index (χ0n) is 17.0. The van der Waals surface area contributed by atoms with Crippen molar-refractivity contribution in [1.29, 1.82) is 0 Å². The summed E-state index contributed by atoms with van der Waals surface area (Å²) in [5, 5.41) is 13.7. The van der Waals surface area contributed by atoms with E-state index in [0.29, 0.717) is 18.5 Å². The lowest BCUT2D eigenvalue weighted by Gasteiger charge is -2.30. The normalized spacial score (nSPS) is 15.7. The Bertz CT molecular complexity index is 1040. The van der Waals surface area contributed by atoms with Gasteiger partial charge in [-0.05, 0) is 37.8 Å². The van der Waals surface area contributed by atoms with Crippen LogP contribution in [0, 0.1) is 29.9 Å². The average Bonchev–Trinajstić information content (AvgIpc) is 2.71. The van der Waals surface area contributed by atoms with E-state index < -0.39 is 14.9 Å². The van der Waals surface area contributed by atoms with Gasteiger partial charge in [-0.2, -0.15) is 0 Å². The van der Waals surface area contributed by atoms with Gasteiger partial charge >= 0.3 is 0 Å². The van der Waals surface area contributed by atoms with Crippen molar-refractivity contribution < 1.29 is 18.1 Å². The molecule has 0 saturated carbocycles. The first-order valence-corrected chi connectivity index (χ1v) is 11.4. The van der Waals surface area contributed by atoms with Gasteiger partial charge in [-0.3, -0.25) is 14.9 Å². The molecule has 1 N–H and O–H groups in total. The standard InChI is InChI=1S/C21H25N3O5S/c1-15-3-6-17(7-4-15)14-30(28,29)23-11-9-18(10-12-23)21(25)22-20-13-19(24(26)27)8-5-16(20)2/h3-8,13,18H,9-12,14H2,1-2H3,(H,22,25). The second-order valence-electron chi connectivity index (χ2n) is 7.66. The van der Waals surface area contributed by atoms with Crippen molar-refractivity contribution in [1.82, 2.24) is 4.31 Å². The summed E-state index contributed by atoms with van der Waals surface area (Å²) in [7, 11) is -3.45. The number of carbonyl (C=O) groups is 1. The van der Waals surface area contributed by atoms with E-state index in [1.54, 1.807) is 13.0 Å². The molecule has 3 rings (SSSR count). The molecule has 160 valence electrons. The second-order valence-corrected chi connectivity index (χ2v) is 9.63. The van der Waals surface area contributed by atoms with Crippen molar-refractivity contribution in [2.45, 2.75) is 32.4 Å². The lowest BCUT2D eigenvalue weighted by atomic mass is 9.97. The molecule has 0 aliphatic carbocycles. The molecule has 1 saturated heterocycles. The molecule has 0 spiro atoms. The Kier molecular flexibility index (Phi) is 6.52. The van der Waals surface area contributed by atoms with Gasteiger partial charge < -0.3 is 5.32 Å². The van der Waals surface area contributed by atoms with Crippen LogP contribution in [0.4, 0.5) is 11.4 Å². The molecule has 2 aromatic carbocycles. The van der Waals surface area contributed by atoms with Gasteiger partial charge in [0.25, 0.3) is 5.69 Å². The van der Waals surface area contributed by atoms with Crippen molar-refractivity contribution in [2.24, 2.45) is 5.92 Å². The van der Waals surface area contributed by atoms with Crippen molar-refractivity contribution in [3.05, 3.63) is 69.3 Å². The highest BCUT2D eigenvalue weighted by atomic mass is 32.2. The highest BCUT2D eigenvalue weighted by Crippen LogP contribution is 2.26. The van der Waals surface area contributed by atoms with Crippen LogP contribution in [-0.2, 0) is 20.6 Å². The van der Waals surface area contributed by atoms with Crippen LogP contribution in [0.15, 0.2) is 42.5 Å². The van der Waals surface area contributed by atoms with Crippen molar-refractivity contribution in [3.63, 3.8) is 0 Å². The molecule has 0 aromatic heterocycles. The summed E-state index contributed by atoms with van der Waals surface area (Å²) < 4.78 is 26.9. The minimum absolute atomic E-state index is 0.0585. The molecule has 1 heterocycles. The van der Waals surface area contributed by atoms with Gasteiger partial charge in [-0.1, -0.05) is 35.9 Å². The zero-order valence-corrected chi connectivity index (χ0v) is 17.8. The number of rotatable bonds is 6. The van der Waals surface area contributed by atoms with Crippen molar-refractivity contribution >= 4 is 27.3 Å². The first-order valence-electron chi connectivity index (χ1n) is 9.75. The summed E-state index contributed by atoms with van der Waals surface area (Å²) in [4.78, 5) is 23.1. The molecule has 9 heteroatoms. The summed E-state index contributed by atoms with van der Waals surface area (Å²) >= 11 is 0. The quantitative estimate of drug-likeness (QED) is 0.557. The van der Waals surface area contributed by atoms with E-state index in [4.69, 9.17) is 0 Å². The fraction of sp³-hybridized carbons (Fsp3) is 0.381. The van der Waals surface area contributed by atoms with E-state index >= 15 is 0 Å². The summed E-state index contributed by atoms with van der Waals surface area (Å²) in [5.74, 6) is -0.638. The number of anilines is 1. The Morgan fingerprint density at radius 2 is 1.77 bits per heavy atom. The number of hydrogen-bond acceptors (Lipinski definition) is 5. The monoisotopic (exact) mass is 431 g/mol. The predicted molar refractivity (Wildman–Crippen MR) is 115 cm³/mol. The minimum Gasteiger partial charge on any atom is -0.325 e. The molecule has 8 nitrogen and oxygen atoms in total. The van der Waals surface area contributed by atoms with Crippen LogP contribution in [0.5, 0.6) is 0 Å². The van der Waals surface area contributed by atoms with Crippen LogP contribution in [0.2, 0.25) is 0 Å². The van der Waals surface area contributed by atoms with Crippen LogP contribution in [0.1, 0.15) is 29.5 Å². The van der Waals surface area contributed by atoms with E-state index in [1.807, 2.05) is 31.2 Å². The third kappa shape index (κ3) is 5.22. The predicted octanol–water partition coefficient (Wildman–Crippen LogP) is 3.39. The Morgan fingerprint density at radius 3 is 2.37 bits per heavy atom. The minimum atomic E-state index is -3.45. The Hall–Kier alpha value is -2.78. The number of nitrogens with zero attached hydrogens (tertiary/aromatic N) is 2. The lowest BCUT2D eigenvalue weighted by molar-refractivity contribution is -0.384. The van der Waals surface area contributed by atoms with Gasteiger partial charge in [0, 0.05) is 31.1 Å². The molecular weight excluding hydrogens is 406 g/mol. The zero-order chi connectivity index (χ0) is 21.9. The van der Waals surface area contributed by atoms with Crippen LogP contribution < -0.4 is 5.32 Å². The van der Waals surface area contributed by atoms with E-state index in [2.05, 4.69) is 5.32 Å². The second kappa shape index (κ2) is 8.93. The molecule has 1 aliphatic heterocycles. The first-order chi connectivity index (χ1) is 14.2. The number of carbonyl (C=O) groups excluding carboxylic acids is 1. The topological polar surface area (TPSA) is 110 Å². The fourth-order valence-corrected chi connectivity index (χ4v) is 5.04. The van der Waals surface area contributed by atoms with E-state index in [1.165, 1.54) is 16.4 Å². The van der Waals surface area contributed by atoms with Gasteiger partial charge in [-0.25, -0.2) is 12.7 Å². The molecule has 0 bridgehead atoms. The number of nitro groups is 1. The molecule has 0 radical (unpaired) electrons. The van der Waals surface area contributed by atoms with Gasteiger partial charge in [0.2, 0.25) is 15.9 Å². The van der Waals surface area contributed by atoms with Gasteiger partial charge in [0.05, 0.1) is 16.4 Å². The number of nitro benzene ring substituents is 1. The maximum atomic E-state index is 12.7. The molecular formula is C21H25N3O5S. The average molecular weight is 432 g/mol. The molecule has 0 atom stereocenters. The van der Waals surface area contributed by atoms with Crippen LogP contribution >= 0.6 is 0 Å². The molecule has 1 aliphatic rings. The molecule has 2 aromatic rings. The molecule has 30 heavy (non-hydrogen) atoms. The number of benzene rings is 2. The van der Waals surface area contributed by atoms with Crippen molar-refractivity contribution in [3.8, 4) is 0 Å². The largest absolute Gasteiger partial charge is 0.325 e. The Morgan fingerprint density at radius 1 is 1.13 bits per heavy atom. The van der Waals surface area contributed by atoms with Crippen LogP contribution in [0.25, 0.3) is 0 Å². The summed E-state index contributed by atoms with van der Waals surface area (Å²) in [5.41, 5.74) is 2.85. The van der Waals surface area contributed by atoms with Crippen LogP contribution in [0.3, 0.4) is 0 Å². The van der Waals surface area contributed by atoms with E-state index in [0.717, 1.165) is 16.7 Å². The van der Waals surface area contributed by atoms with Crippen LogP contribution in [-0.4, -0.2) is 36.6 Å². The molecule has 0 unspecified atom stereocenters. The van der Waals surface area contributed by atoms with Gasteiger partial charge in [-0.15, -0.1) is 0 Å². The Labute approximate surface area is 176 Å². The number of hydrogen-bond donors (Lipinski definition) is 1. The van der Waals surface area contributed by atoms with Crippen molar-refractivity contribution in [2.75, 3.05) is 18.4 Å². The maximum Gasteiger partial charge on any atom is 0.271 e. The third-order valence-electron chi connectivity index (χ3n) is 5.38. The number of nitrogens with one attached hydrogen (secondary N) is 1. The number of aryl methyl sites for hydroxylation is 2. The fourth-order valence-electron chi connectivity index (χ4n) is 3.48. The summed E-state index contributed by atoms with van der Waals surface area (Å²) in [6, 6.07) is 11.7. The van der Waals surface area contributed by atoms with Gasteiger partial charge in [0.1, 0.15) is 0 Å². The highest BCUT2D eigenvalue weighted by molar-refractivity contribution is 7.88. The van der Waals surface area contributed by atoms with E-state index in [9.17, 15) is 23.3 Å². The summed E-state index contributed by atoms with van der Waals surface area (Å²) in [6.07, 6.45) is 0.819. The number of non-ortho nitro benzene ring substituents is 1. The van der Waals surface area contributed by atoms with Gasteiger partial charge in [0.15, 0.2) is 0 Å². The highest BCUT2D eigenvalue weighted by Gasteiger charge is 2.31. The smallest absolute Gasteiger partial charge is 0.271 e. The maximum absolute atomic E-state index is 12.7. The SMILES string of the molecule is Cc1ccc(CS(=O)(=O)N2CCC(C(=O)Nc3cc([N+](=O)[O-])ccc3C)CC2)cc1. The number of amides is 1. The molecule has 1 fully saturated rings. The third-order valence-corrected chi connectivity index (χ3v) is 7.23. The number of sulfonamides is 1. The Balaban J connectivity index is 1.59. The summed E-state index contributed by atoms with van der Waals surface area (Å²) in [6.45, 7) is 4.27. The first kappa shape index (κ1) is 21.9. The lowest BCUT2D eigenvalue weighted by Crippen LogP contribution is -2.41. The number of piperidine rings is 1. The molecule has 1 amide bonds.